The van der Waals surface area contributed by atoms with Crippen LogP contribution >= 0.6 is 11.3 Å². The van der Waals surface area contributed by atoms with Crippen molar-refractivity contribution in [3.63, 3.8) is 0 Å². The molecule has 1 saturated carbocycles. The normalized spacial score (nSPS) is 26.4. The van der Waals surface area contributed by atoms with Crippen molar-refractivity contribution in [3.05, 3.63) is 57.3 Å². The summed E-state index contributed by atoms with van der Waals surface area (Å²) in [6.45, 7) is 6.14. The number of nitrogens with zero attached hydrogens (tertiary/aromatic N) is 1. The Labute approximate surface area is 211 Å². The summed E-state index contributed by atoms with van der Waals surface area (Å²) in [7, 11) is 0. The zero-order valence-corrected chi connectivity index (χ0v) is 21.7. The highest BCUT2D eigenvalue weighted by Gasteiger charge is 2.56. The molecule has 3 aliphatic rings. The fraction of sp³-hybridized carbons (Fsp3) is 0.536. The predicted octanol–water partition coefficient (Wildman–Crippen LogP) is 4.97. The second kappa shape index (κ2) is 9.08. The van der Waals surface area contributed by atoms with E-state index in [0.717, 1.165) is 34.6 Å². The molecule has 1 saturated heterocycles. The quantitative estimate of drug-likeness (QED) is 0.578. The van der Waals surface area contributed by atoms with E-state index in [2.05, 4.69) is 49.6 Å². The zero-order chi connectivity index (χ0) is 24.8. The molecule has 1 aliphatic heterocycles. The van der Waals surface area contributed by atoms with Crippen LogP contribution in [0.3, 0.4) is 0 Å². The minimum absolute atomic E-state index is 0.0460. The molecule has 6 nitrogen and oxygen atoms in total. The molecule has 2 aromatic rings. The summed E-state index contributed by atoms with van der Waals surface area (Å²) in [6, 6.07) is 9.73. The number of aryl methyl sites for hydroxylation is 2. The first-order chi connectivity index (χ1) is 16.7. The zero-order valence-electron chi connectivity index (χ0n) is 20.9. The number of carbonyl (C=O) groups excluding carboxylic acids is 3. The Hall–Kier alpha value is -2.67. The molecule has 3 atom stereocenters. The van der Waals surface area contributed by atoms with Crippen molar-refractivity contribution in [1.82, 2.24) is 15.5 Å². The minimum Gasteiger partial charge on any atom is -0.343 e. The minimum atomic E-state index is -0.899. The molecule has 1 spiro atoms. The average molecular weight is 494 g/mol. The van der Waals surface area contributed by atoms with E-state index in [1.54, 1.807) is 11.3 Å². The van der Waals surface area contributed by atoms with Crippen LogP contribution in [0.4, 0.5) is 4.79 Å². The van der Waals surface area contributed by atoms with Crippen LogP contribution in [-0.4, -0.2) is 34.8 Å². The molecule has 4 amide bonds. The summed E-state index contributed by atoms with van der Waals surface area (Å²) >= 11 is 1.59. The maximum Gasteiger partial charge on any atom is 0.325 e. The third kappa shape index (κ3) is 4.75. The van der Waals surface area contributed by atoms with Gasteiger partial charge in [0.15, 0.2) is 0 Å². The van der Waals surface area contributed by atoms with Gasteiger partial charge in [-0.05, 0) is 84.4 Å². The molecular formula is C28H35N3O3S. The third-order valence-electron chi connectivity index (χ3n) is 7.76. The largest absolute Gasteiger partial charge is 0.343 e. The van der Waals surface area contributed by atoms with E-state index in [0.29, 0.717) is 18.8 Å². The predicted molar refractivity (Wildman–Crippen MR) is 137 cm³/mol. The van der Waals surface area contributed by atoms with Gasteiger partial charge in [0.2, 0.25) is 5.91 Å². The van der Waals surface area contributed by atoms with E-state index < -0.39 is 11.6 Å². The number of imide groups is 1. The fourth-order valence-electron chi connectivity index (χ4n) is 6.71. The Kier molecular flexibility index (Phi) is 6.24. The van der Waals surface area contributed by atoms with Gasteiger partial charge in [-0.3, -0.25) is 14.5 Å². The van der Waals surface area contributed by atoms with Crippen molar-refractivity contribution in [2.24, 2.45) is 11.3 Å². The highest BCUT2D eigenvalue weighted by molar-refractivity contribution is 7.10. The molecule has 3 unspecified atom stereocenters. The first-order valence-electron chi connectivity index (χ1n) is 12.7. The molecule has 0 bridgehead atoms. The molecule has 1 aromatic carbocycles. The van der Waals surface area contributed by atoms with Crippen molar-refractivity contribution in [2.45, 2.75) is 77.3 Å². The van der Waals surface area contributed by atoms with Gasteiger partial charge in [-0.1, -0.05) is 45.0 Å². The van der Waals surface area contributed by atoms with Gasteiger partial charge in [-0.25, -0.2) is 4.79 Å². The molecule has 7 heteroatoms. The van der Waals surface area contributed by atoms with E-state index in [9.17, 15) is 14.4 Å². The fourth-order valence-corrected chi connectivity index (χ4v) is 7.51. The number of hydrogen-bond acceptors (Lipinski definition) is 4. The molecule has 0 radical (unpaired) electrons. The molecule has 5 rings (SSSR count). The number of benzene rings is 1. The SMILES string of the molecule is CC1CC(C)(C)CC2(C1)NC(=O)N(CC(=O)NC(c1ccc3c(c1)CCCC3)c1cccs1)C2=O. The Bertz CT molecular complexity index is 1140. The number of urea groups is 1. The smallest absolute Gasteiger partial charge is 0.325 e. The number of thiophene rings is 1. The van der Waals surface area contributed by atoms with Crippen molar-refractivity contribution in [1.29, 1.82) is 0 Å². The Morgan fingerprint density at radius 2 is 1.94 bits per heavy atom. The standard InChI is InChI=1S/C28H35N3O3S/c1-18-14-27(2,3)17-28(15-18)25(33)31(26(34)30-28)16-23(32)29-24(22-9-6-12-35-22)21-11-10-19-7-4-5-8-20(19)13-21/h6,9-13,18,24H,4-5,7-8,14-17H2,1-3H3,(H,29,32)(H,30,34). The van der Waals surface area contributed by atoms with E-state index >= 15 is 0 Å². The summed E-state index contributed by atoms with van der Waals surface area (Å²) in [4.78, 5) is 41.7. The Morgan fingerprint density at radius 1 is 1.17 bits per heavy atom. The molecule has 2 heterocycles. The molecule has 35 heavy (non-hydrogen) atoms. The van der Waals surface area contributed by atoms with Crippen LogP contribution in [-0.2, 0) is 22.4 Å². The molecule has 1 aromatic heterocycles. The van der Waals surface area contributed by atoms with Gasteiger partial charge in [0.05, 0.1) is 6.04 Å². The molecule has 2 fully saturated rings. The number of amides is 4. The highest BCUT2D eigenvalue weighted by atomic mass is 32.1. The number of rotatable bonds is 5. The van der Waals surface area contributed by atoms with Gasteiger partial charge in [0.25, 0.3) is 5.91 Å². The highest BCUT2D eigenvalue weighted by Crippen LogP contribution is 2.46. The lowest BCUT2D eigenvalue weighted by Crippen LogP contribution is -2.54. The maximum atomic E-state index is 13.5. The number of hydrogen-bond donors (Lipinski definition) is 2. The van der Waals surface area contributed by atoms with Crippen LogP contribution in [0.5, 0.6) is 0 Å². The summed E-state index contributed by atoms with van der Waals surface area (Å²) in [5, 5.41) is 8.09. The van der Waals surface area contributed by atoms with Gasteiger partial charge in [0, 0.05) is 4.88 Å². The topological polar surface area (TPSA) is 78.5 Å². The third-order valence-corrected chi connectivity index (χ3v) is 8.70. The lowest BCUT2D eigenvalue weighted by molar-refractivity contribution is -0.137. The van der Waals surface area contributed by atoms with Gasteiger partial charge in [0.1, 0.15) is 12.1 Å². The van der Waals surface area contributed by atoms with Crippen LogP contribution in [0.2, 0.25) is 0 Å². The monoisotopic (exact) mass is 493 g/mol. The van der Waals surface area contributed by atoms with E-state index in [-0.39, 0.29) is 29.8 Å². The summed E-state index contributed by atoms with van der Waals surface area (Å²) in [5.41, 5.74) is 2.85. The Balaban J connectivity index is 1.34. The number of nitrogens with one attached hydrogen (secondary N) is 2. The average Bonchev–Trinajstić information content (AvgIpc) is 3.39. The first-order valence-corrected chi connectivity index (χ1v) is 13.6. The van der Waals surface area contributed by atoms with Crippen LogP contribution in [0.15, 0.2) is 35.7 Å². The number of carbonyl (C=O) groups is 3. The second-order valence-electron chi connectivity index (χ2n) is 11.5. The summed E-state index contributed by atoms with van der Waals surface area (Å²) in [5.74, 6) is -0.271. The molecule has 2 aliphatic carbocycles. The number of fused-ring (bicyclic) bond motifs is 1. The summed E-state index contributed by atoms with van der Waals surface area (Å²) in [6.07, 6.45) is 6.81. The van der Waals surface area contributed by atoms with Crippen molar-refractivity contribution < 1.29 is 14.4 Å². The van der Waals surface area contributed by atoms with Crippen LogP contribution in [0.25, 0.3) is 0 Å². The van der Waals surface area contributed by atoms with Crippen molar-refractivity contribution in [2.75, 3.05) is 6.54 Å². The van der Waals surface area contributed by atoms with Crippen molar-refractivity contribution in [3.8, 4) is 0 Å². The van der Waals surface area contributed by atoms with Crippen molar-refractivity contribution >= 4 is 29.2 Å². The van der Waals surface area contributed by atoms with Gasteiger partial charge in [-0.2, -0.15) is 0 Å². The molecular weight excluding hydrogens is 458 g/mol. The van der Waals surface area contributed by atoms with Gasteiger partial charge in [-0.15, -0.1) is 11.3 Å². The van der Waals surface area contributed by atoms with E-state index in [1.807, 2.05) is 17.5 Å². The summed E-state index contributed by atoms with van der Waals surface area (Å²) < 4.78 is 0. The van der Waals surface area contributed by atoms with Crippen LogP contribution in [0, 0.1) is 11.3 Å². The van der Waals surface area contributed by atoms with E-state index in [1.165, 1.54) is 24.0 Å². The lowest BCUT2D eigenvalue weighted by Gasteiger charge is -2.43. The second-order valence-corrected chi connectivity index (χ2v) is 12.5. The van der Waals surface area contributed by atoms with Gasteiger partial charge >= 0.3 is 6.03 Å². The van der Waals surface area contributed by atoms with E-state index in [4.69, 9.17) is 0 Å². The van der Waals surface area contributed by atoms with Crippen LogP contribution < -0.4 is 10.6 Å². The molecule has 2 N–H and O–H groups in total. The molecule has 186 valence electrons. The first kappa shape index (κ1) is 24.0. The van der Waals surface area contributed by atoms with Gasteiger partial charge < -0.3 is 10.6 Å². The Morgan fingerprint density at radius 3 is 2.66 bits per heavy atom. The lowest BCUT2D eigenvalue weighted by atomic mass is 9.64. The maximum absolute atomic E-state index is 13.5. The van der Waals surface area contributed by atoms with Crippen LogP contribution in [0.1, 0.15) is 80.5 Å².